The Morgan fingerprint density at radius 2 is 1.94 bits per heavy atom. The number of aromatic hydroxyl groups is 1. The molecule has 100 valence electrons. The van der Waals surface area contributed by atoms with Gasteiger partial charge in [0.25, 0.3) is 0 Å². The van der Waals surface area contributed by atoms with E-state index in [0.717, 1.165) is 32.7 Å². The van der Waals surface area contributed by atoms with Crippen LogP contribution in [0.5, 0.6) is 5.75 Å². The first-order valence-corrected chi connectivity index (χ1v) is 6.52. The molecule has 0 saturated carbocycles. The molecule has 4 nitrogen and oxygen atoms in total. The molecule has 4 heteroatoms. The molecular weight excluding hydrogens is 226 g/mol. The molecule has 1 aromatic rings. The number of nitrogens with zero attached hydrogens (tertiary/aromatic N) is 2. The van der Waals surface area contributed by atoms with E-state index < -0.39 is 0 Å². The zero-order valence-corrected chi connectivity index (χ0v) is 11.3. The van der Waals surface area contributed by atoms with Gasteiger partial charge in [-0.15, -0.1) is 0 Å². The van der Waals surface area contributed by atoms with Crippen LogP contribution in [-0.4, -0.2) is 61.2 Å². The minimum atomic E-state index is 0.326. The second kappa shape index (κ2) is 6.18. The molecule has 1 aliphatic rings. The molecule has 2 N–H and O–H groups in total. The zero-order chi connectivity index (χ0) is 13.0. The Morgan fingerprint density at radius 1 is 1.22 bits per heavy atom. The van der Waals surface area contributed by atoms with E-state index in [1.807, 2.05) is 12.1 Å². The lowest BCUT2D eigenvalue weighted by atomic mass is 10.1. The molecule has 1 aliphatic heterocycles. The van der Waals surface area contributed by atoms with Gasteiger partial charge < -0.3 is 15.3 Å². The highest BCUT2D eigenvalue weighted by atomic mass is 16.3. The molecule has 0 spiro atoms. The van der Waals surface area contributed by atoms with Gasteiger partial charge in [0.2, 0.25) is 0 Å². The predicted molar refractivity (Wildman–Crippen MR) is 73.7 cm³/mol. The smallest absolute Gasteiger partial charge is 0.115 e. The van der Waals surface area contributed by atoms with E-state index >= 15 is 0 Å². The summed E-state index contributed by atoms with van der Waals surface area (Å²) in [5.74, 6) is 0.326. The maximum atomic E-state index is 9.22. The molecule has 0 amide bonds. The first-order chi connectivity index (χ1) is 8.65. The third-order valence-corrected chi connectivity index (χ3v) is 3.63. The highest BCUT2D eigenvalue weighted by Gasteiger charge is 2.21. The molecular formula is C14H23N3O. The van der Waals surface area contributed by atoms with Crippen LogP contribution < -0.4 is 5.32 Å². The first kappa shape index (κ1) is 13.3. The average Bonchev–Trinajstić information content (AvgIpc) is 2.36. The van der Waals surface area contributed by atoms with Crippen molar-refractivity contribution >= 4 is 0 Å². The minimum absolute atomic E-state index is 0.326. The molecule has 1 aromatic carbocycles. The van der Waals surface area contributed by atoms with Crippen molar-refractivity contribution in [2.45, 2.75) is 12.6 Å². The average molecular weight is 249 g/mol. The SMILES string of the molecule is CN1CCN(C)C(CNCc2ccc(O)cc2)C1. The maximum Gasteiger partial charge on any atom is 0.115 e. The molecule has 0 aromatic heterocycles. The third-order valence-electron chi connectivity index (χ3n) is 3.63. The van der Waals surface area contributed by atoms with Gasteiger partial charge in [0.1, 0.15) is 5.75 Å². The summed E-state index contributed by atoms with van der Waals surface area (Å²) in [4.78, 5) is 4.80. The van der Waals surface area contributed by atoms with Crippen molar-refractivity contribution in [1.29, 1.82) is 0 Å². The monoisotopic (exact) mass is 249 g/mol. The van der Waals surface area contributed by atoms with E-state index in [0.29, 0.717) is 11.8 Å². The number of rotatable bonds is 4. The molecule has 1 atom stereocenters. The van der Waals surface area contributed by atoms with Gasteiger partial charge in [-0.25, -0.2) is 0 Å². The number of phenols is 1. The minimum Gasteiger partial charge on any atom is -0.508 e. The fourth-order valence-corrected chi connectivity index (χ4v) is 2.32. The van der Waals surface area contributed by atoms with E-state index in [9.17, 15) is 5.11 Å². The highest BCUT2D eigenvalue weighted by molar-refractivity contribution is 5.25. The topological polar surface area (TPSA) is 38.7 Å². The fraction of sp³-hybridized carbons (Fsp3) is 0.571. The van der Waals surface area contributed by atoms with Crippen molar-refractivity contribution in [3.05, 3.63) is 29.8 Å². The van der Waals surface area contributed by atoms with Gasteiger partial charge in [0, 0.05) is 38.8 Å². The van der Waals surface area contributed by atoms with Crippen molar-refractivity contribution in [2.75, 3.05) is 40.3 Å². The van der Waals surface area contributed by atoms with Crippen LogP contribution in [0.1, 0.15) is 5.56 Å². The van der Waals surface area contributed by atoms with Crippen LogP contribution in [0, 0.1) is 0 Å². The lowest BCUT2D eigenvalue weighted by Crippen LogP contribution is -2.53. The molecule has 1 unspecified atom stereocenters. The van der Waals surface area contributed by atoms with E-state index in [1.54, 1.807) is 12.1 Å². The Bertz CT molecular complexity index is 366. The van der Waals surface area contributed by atoms with Crippen LogP contribution in [0.3, 0.4) is 0 Å². The fourth-order valence-electron chi connectivity index (χ4n) is 2.32. The largest absolute Gasteiger partial charge is 0.508 e. The number of benzene rings is 1. The molecule has 0 bridgehead atoms. The number of piperazine rings is 1. The van der Waals surface area contributed by atoms with Crippen LogP contribution in [0.25, 0.3) is 0 Å². The number of nitrogens with one attached hydrogen (secondary N) is 1. The molecule has 2 rings (SSSR count). The van der Waals surface area contributed by atoms with Crippen LogP contribution >= 0.6 is 0 Å². The van der Waals surface area contributed by atoms with Crippen LogP contribution in [0.2, 0.25) is 0 Å². The van der Waals surface area contributed by atoms with Gasteiger partial charge in [0.05, 0.1) is 0 Å². The lowest BCUT2D eigenvalue weighted by molar-refractivity contribution is 0.113. The van der Waals surface area contributed by atoms with Crippen LogP contribution in [0.4, 0.5) is 0 Å². The summed E-state index contributed by atoms with van der Waals surface area (Å²) in [6, 6.07) is 7.97. The van der Waals surface area contributed by atoms with Crippen molar-refractivity contribution in [3.8, 4) is 5.75 Å². The van der Waals surface area contributed by atoms with Gasteiger partial charge in [0.15, 0.2) is 0 Å². The van der Waals surface area contributed by atoms with Gasteiger partial charge in [-0.05, 0) is 31.8 Å². The summed E-state index contributed by atoms with van der Waals surface area (Å²) in [7, 11) is 4.37. The Kier molecular flexibility index (Phi) is 4.58. The quantitative estimate of drug-likeness (QED) is 0.825. The summed E-state index contributed by atoms with van der Waals surface area (Å²) in [5, 5.41) is 12.7. The van der Waals surface area contributed by atoms with E-state index in [2.05, 4.69) is 29.2 Å². The molecule has 0 radical (unpaired) electrons. The standard InChI is InChI=1S/C14H23N3O/c1-16-7-8-17(2)13(11-16)10-15-9-12-3-5-14(18)6-4-12/h3-6,13,15,18H,7-11H2,1-2H3. The van der Waals surface area contributed by atoms with E-state index in [1.165, 1.54) is 5.56 Å². The molecule has 1 heterocycles. The van der Waals surface area contributed by atoms with Gasteiger partial charge >= 0.3 is 0 Å². The predicted octanol–water partition coefficient (Wildman–Crippen LogP) is 0.728. The molecule has 0 aliphatic carbocycles. The number of phenolic OH excluding ortho intramolecular Hbond substituents is 1. The van der Waals surface area contributed by atoms with Crippen molar-refractivity contribution in [3.63, 3.8) is 0 Å². The van der Waals surface area contributed by atoms with E-state index in [-0.39, 0.29) is 0 Å². The second-order valence-corrected chi connectivity index (χ2v) is 5.19. The highest BCUT2D eigenvalue weighted by Crippen LogP contribution is 2.09. The summed E-state index contributed by atoms with van der Waals surface area (Å²) >= 11 is 0. The normalized spacial score (nSPS) is 22.2. The molecule has 1 saturated heterocycles. The lowest BCUT2D eigenvalue weighted by Gasteiger charge is -2.37. The Morgan fingerprint density at radius 3 is 2.67 bits per heavy atom. The summed E-state index contributed by atoms with van der Waals surface area (Å²) in [6.07, 6.45) is 0. The number of likely N-dealkylation sites (N-methyl/N-ethyl adjacent to an activating group) is 2. The van der Waals surface area contributed by atoms with E-state index in [4.69, 9.17) is 0 Å². The van der Waals surface area contributed by atoms with Crippen molar-refractivity contribution in [2.24, 2.45) is 0 Å². The van der Waals surface area contributed by atoms with Gasteiger partial charge in [-0.1, -0.05) is 12.1 Å². The maximum absolute atomic E-state index is 9.22. The third kappa shape index (κ3) is 3.70. The second-order valence-electron chi connectivity index (χ2n) is 5.19. The van der Waals surface area contributed by atoms with Crippen LogP contribution in [-0.2, 0) is 6.54 Å². The number of hydrogen-bond donors (Lipinski definition) is 2. The molecule has 1 fully saturated rings. The summed E-state index contributed by atoms with van der Waals surface area (Å²) in [6.45, 7) is 5.28. The summed E-state index contributed by atoms with van der Waals surface area (Å²) in [5.41, 5.74) is 1.21. The summed E-state index contributed by atoms with van der Waals surface area (Å²) < 4.78 is 0. The Labute approximate surface area is 109 Å². The Hall–Kier alpha value is -1.10. The van der Waals surface area contributed by atoms with Crippen molar-refractivity contribution in [1.82, 2.24) is 15.1 Å². The number of hydrogen-bond acceptors (Lipinski definition) is 4. The molecule has 18 heavy (non-hydrogen) atoms. The first-order valence-electron chi connectivity index (χ1n) is 6.52. The van der Waals surface area contributed by atoms with Crippen molar-refractivity contribution < 1.29 is 5.11 Å². The van der Waals surface area contributed by atoms with Gasteiger partial charge in [-0.3, -0.25) is 4.90 Å². The van der Waals surface area contributed by atoms with Gasteiger partial charge in [-0.2, -0.15) is 0 Å². The Balaban J connectivity index is 1.76. The van der Waals surface area contributed by atoms with Crippen LogP contribution in [0.15, 0.2) is 24.3 Å². The zero-order valence-electron chi connectivity index (χ0n) is 11.3.